The van der Waals surface area contributed by atoms with E-state index in [9.17, 15) is 14.4 Å². The van der Waals surface area contributed by atoms with Gasteiger partial charge in [-0.05, 0) is 6.07 Å². The van der Waals surface area contributed by atoms with E-state index in [0.717, 1.165) is 0 Å². The lowest BCUT2D eigenvalue weighted by atomic mass is 10.1. The predicted molar refractivity (Wildman–Crippen MR) is 78.9 cm³/mol. The van der Waals surface area contributed by atoms with Gasteiger partial charge in [-0.15, -0.1) is 0 Å². The molecule has 8 heteroatoms. The Bertz CT molecular complexity index is 798. The number of carboxylic acid groups (broad SMARTS) is 1. The minimum Gasteiger partial charge on any atom is -0.475 e. The van der Waals surface area contributed by atoms with Gasteiger partial charge in [0.05, 0.1) is 12.2 Å². The fraction of sp³-hybridized carbons (Fsp3) is 0.200. The summed E-state index contributed by atoms with van der Waals surface area (Å²) >= 11 is 0. The fourth-order valence-electron chi connectivity index (χ4n) is 2.37. The highest BCUT2D eigenvalue weighted by molar-refractivity contribution is 6.06. The molecular formula is C15H13N3O5. The van der Waals surface area contributed by atoms with Crippen LogP contribution in [0.1, 0.15) is 10.6 Å². The van der Waals surface area contributed by atoms with Crippen LogP contribution < -0.4 is 4.90 Å². The maximum Gasteiger partial charge on any atom is 0.374 e. The molecule has 2 aromatic rings. The van der Waals surface area contributed by atoms with Crippen LogP contribution in [-0.2, 0) is 9.59 Å². The fourth-order valence-corrected chi connectivity index (χ4v) is 2.37. The summed E-state index contributed by atoms with van der Waals surface area (Å²) in [5.41, 5.74) is 1.30. The van der Waals surface area contributed by atoms with Crippen LogP contribution in [-0.4, -0.2) is 53.1 Å². The smallest absolute Gasteiger partial charge is 0.374 e. The van der Waals surface area contributed by atoms with Crippen molar-refractivity contribution in [2.75, 3.05) is 25.0 Å². The Morgan fingerprint density at radius 3 is 2.65 bits per heavy atom. The van der Waals surface area contributed by atoms with E-state index in [1.807, 2.05) is 0 Å². The molecule has 8 nitrogen and oxygen atoms in total. The molecule has 1 aliphatic rings. The van der Waals surface area contributed by atoms with E-state index in [-0.39, 0.29) is 36.4 Å². The highest BCUT2D eigenvalue weighted by Gasteiger charge is 2.30. The summed E-state index contributed by atoms with van der Waals surface area (Å²) < 4.78 is 4.76. The number of amides is 2. The van der Waals surface area contributed by atoms with Crippen LogP contribution in [0.15, 0.2) is 34.9 Å². The average Bonchev–Trinajstić information content (AvgIpc) is 3.01. The summed E-state index contributed by atoms with van der Waals surface area (Å²) in [6, 6.07) is 8.11. The molecule has 0 spiro atoms. The zero-order valence-corrected chi connectivity index (χ0v) is 12.2. The Hall–Kier alpha value is -3.16. The molecule has 118 valence electrons. The Balaban J connectivity index is 2.02. The van der Waals surface area contributed by atoms with E-state index >= 15 is 0 Å². The number of hydrogen-bond acceptors (Lipinski definition) is 5. The molecule has 2 heterocycles. The van der Waals surface area contributed by atoms with E-state index in [1.165, 1.54) is 15.9 Å². The lowest BCUT2D eigenvalue weighted by Crippen LogP contribution is -2.52. The van der Waals surface area contributed by atoms with E-state index in [1.54, 1.807) is 31.3 Å². The molecule has 0 unspecified atom stereocenters. The van der Waals surface area contributed by atoms with E-state index in [0.29, 0.717) is 11.3 Å². The molecule has 0 saturated carbocycles. The van der Waals surface area contributed by atoms with Crippen LogP contribution in [0.5, 0.6) is 0 Å². The second-order valence-corrected chi connectivity index (χ2v) is 5.13. The van der Waals surface area contributed by atoms with Crippen LogP contribution in [0, 0.1) is 0 Å². The number of aromatic carboxylic acids is 1. The molecule has 2 amide bonds. The summed E-state index contributed by atoms with van der Waals surface area (Å²) in [7, 11) is 1.57. The number of carboxylic acids is 1. The highest BCUT2D eigenvalue weighted by Crippen LogP contribution is 2.31. The highest BCUT2D eigenvalue weighted by atomic mass is 16.5. The number of aromatic nitrogens is 1. The van der Waals surface area contributed by atoms with Crippen molar-refractivity contribution in [2.24, 2.45) is 0 Å². The number of likely N-dealkylation sites (N-methyl/N-ethyl adjacent to an activating group) is 1. The van der Waals surface area contributed by atoms with Crippen molar-refractivity contribution < 1.29 is 24.0 Å². The topological polar surface area (TPSA) is 104 Å². The molecule has 0 radical (unpaired) electrons. The van der Waals surface area contributed by atoms with E-state index in [4.69, 9.17) is 9.63 Å². The number of para-hydroxylation sites is 1. The number of benzene rings is 1. The van der Waals surface area contributed by atoms with E-state index in [2.05, 4.69) is 5.16 Å². The first kappa shape index (κ1) is 14.8. The minimum atomic E-state index is -1.23. The molecule has 3 rings (SSSR count). The molecule has 0 aliphatic carbocycles. The van der Waals surface area contributed by atoms with Crippen LogP contribution in [0.4, 0.5) is 5.69 Å². The standard InChI is InChI=1S/C15H13N3O5/c1-17-7-14(20)18(8-13(17)19)11-5-3-2-4-9(11)10-6-12(15(21)22)23-16-10/h2-6H,7-8H2,1H3,(H,21,22). The van der Waals surface area contributed by atoms with Gasteiger partial charge in [0.2, 0.25) is 17.6 Å². The zero-order chi connectivity index (χ0) is 16.6. The summed E-state index contributed by atoms with van der Waals surface area (Å²) in [5.74, 6) is -1.92. The second-order valence-electron chi connectivity index (χ2n) is 5.13. The third-order valence-electron chi connectivity index (χ3n) is 3.58. The molecule has 1 aromatic heterocycles. The van der Waals surface area contributed by atoms with Crippen molar-refractivity contribution in [1.82, 2.24) is 10.1 Å². The molecular weight excluding hydrogens is 302 g/mol. The molecule has 1 N–H and O–H groups in total. The lowest BCUT2D eigenvalue weighted by Gasteiger charge is -2.32. The maximum absolute atomic E-state index is 12.2. The van der Waals surface area contributed by atoms with Gasteiger partial charge in [-0.2, -0.15) is 0 Å². The number of rotatable bonds is 3. The van der Waals surface area contributed by atoms with Gasteiger partial charge >= 0.3 is 5.97 Å². The van der Waals surface area contributed by atoms with Crippen molar-refractivity contribution >= 4 is 23.5 Å². The lowest BCUT2D eigenvalue weighted by molar-refractivity contribution is -0.136. The van der Waals surface area contributed by atoms with E-state index < -0.39 is 5.97 Å². The monoisotopic (exact) mass is 315 g/mol. The summed E-state index contributed by atoms with van der Waals surface area (Å²) in [5, 5.41) is 12.7. The number of hydrogen-bond donors (Lipinski definition) is 1. The first-order valence-corrected chi connectivity index (χ1v) is 6.81. The molecule has 1 aromatic carbocycles. The van der Waals surface area contributed by atoms with Crippen molar-refractivity contribution in [3.8, 4) is 11.3 Å². The van der Waals surface area contributed by atoms with Gasteiger partial charge in [-0.1, -0.05) is 23.4 Å². The summed E-state index contributed by atoms with van der Waals surface area (Å²) in [6.07, 6.45) is 0. The van der Waals surface area contributed by atoms with Crippen molar-refractivity contribution in [1.29, 1.82) is 0 Å². The maximum atomic E-state index is 12.2. The van der Waals surface area contributed by atoms with Crippen molar-refractivity contribution in [3.63, 3.8) is 0 Å². The largest absolute Gasteiger partial charge is 0.475 e. The first-order valence-electron chi connectivity index (χ1n) is 6.81. The van der Waals surface area contributed by atoms with Gasteiger partial charge in [0, 0.05) is 18.7 Å². The Labute approximate surface area is 130 Å². The quantitative estimate of drug-likeness (QED) is 0.900. The van der Waals surface area contributed by atoms with Crippen molar-refractivity contribution in [3.05, 3.63) is 36.1 Å². The molecule has 1 fully saturated rings. The number of carbonyl (C=O) groups excluding carboxylic acids is 2. The van der Waals surface area contributed by atoms with Crippen LogP contribution in [0.3, 0.4) is 0 Å². The molecule has 1 aliphatic heterocycles. The minimum absolute atomic E-state index is 0.00758. The van der Waals surface area contributed by atoms with Gasteiger partial charge in [-0.3, -0.25) is 9.59 Å². The zero-order valence-electron chi connectivity index (χ0n) is 12.2. The number of anilines is 1. The second kappa shape index (κ2) is 5.56. The van der Waals surface area contributed by atoms with Gasteiger partial charge in [-0.25, -0.2) is 4.79 Å². The Morgan fingerprint density at radius 2 is 1.96 bits per heavy atom. The van der Waals surface area contributed by atoms with Crippen LogP contribution in [0.25, 0.3) is 11.3 Å². The average molecular weight is 315 g/mol. The molecule has 0 bridgehead atoms. The first-order chi connectivity index (χ1) is 11.0. The Morgan fingerprint density at radius 1 is 1.22 bits per heavy atom. The summed E-state index contributed by atoms with van der Waals surface area (Å²) in [4.78, 5) is 37.8. The third-order valence-corrected chi connectivity index (χ3v) is 3.58. The summed E-state index contributed by atoms with van der Waals surface area (Å²) in [6.45, 7) is -0.0810. The number of carbonyl (C=O) groups is 3. The molecule has 1 saturated heterocycles. The van der Waals surface area contributed by atoms with Gasteiger partial charge in [0.1, 0.15) is 12.2 Å². The van der Waals surface area contributed by atoms with Crippen LogP contribution in [0.2, 0.25) is 0 Å². The Kier molecular flexibility index (Phi) is 3.57. The third kappa shape index (κ3) is 2.66. The van der Waals surface area contributed by atoms with Gasteiger partial charge in [0.15, 0.2) is 0 Å². The SMILES string of the molecule is CN1CC(=O)N(c2ccccc2-c2cc(C(=O)O)on2)CC1=O. The van der Waals surface area contributed by atoms with Gasteiger partial charge < -0.3 is 19.4 Å². The number of piperazine rings is 1. The normalized spacial score (nSPS) is 15.2. The molecule has 0 atom stereocenters. The van der Waals surface area contributed by atoms with Gasteiger partial charge in [0.25, 0.3) is 0 Å². The number of nitrogens with zero attached hydrogens (tertiary/aromatic N) is 3. The predicted octanol–water partition coefficient (Wildman–Crippen LogP) is 0.845. The van der Waals surface area contributed by atoms with Crippen LogP contribution >= 0.6 is 0 Å². The molecule has 23 heavy (non-hydrogen) atoms. The van der Waals surface area contributed by atoms with Crippen molar-refractivity contribution in [2.45, 2.75) is 0 Å².